The number of hydrogen-bond donors (Lipinski definition) is 1. The van der Waals surface area contributed by atoms with Gasteiger partial charge in [-0.3, -0.25) is 14.4 Å². The van der Waals surface area contributed by atoms with Crippen molar-refractivity contribution in [1.82, 2.24) is 15.1 Å². The van der Waals surface area contributed by atoms with Gasteiger partial charge in [-0.15, -0.1) is 0 Å². The standard InChI is InChI=1S/C20H24FN3O3/c1-2-18(25)23-10-7-15(8-11-23)19(26)22-17-9-12-24(20(17)27)13-14-3-5-16(21)6-4-14/h2-6,15,17H,1,7-13H2,(H,22,26). The van der Waals surface area contributed by atoms with Crippen LogP contribution in [0.15, 0.2) is 36.9 Å². The van der Waals surface area contributed by atoms with Crippen LogP contribution in [0.2, 0.25) is 0 Å². The Morgan fingerprint density at radius 3 is 2.44 bits per heavy atom. The van der Waals surface area contributed by atoms with Gasteiger partial charge in [-0.2, -0.15) is 0 Å². The Morgan fingerprint density at radius 1 is 1.15 bits per heavy atom. The number of benzene rings is 1. The van der Waals surface area contributed by atoms with Crippen LogP contribution in [0.3, 0.4) is 0 Å². The van der Waals surface area contributed by atoms with Crippen LogP contribution in [0.1, 0.15) is 24.8 Å². The number of carbonyl (C=O) groups excluding carboxylic acids is 3. The average Bonchev–Trinajstić information content (AvgIpc) is 3.02. The van der Waals surface area contributed by atoms with Crippen LogP contribution in [-0.2, 0) is 20.9 Å². The zero-order valence-corrected chi connectivity index (χ0v) is 15.2. The van der Waals surface area contributed by atoms with Crippen molar-refractivity contribution < 1.29 is 18.8 Å². The van der Waals surface area contributed by atoms with Gasteiger partial charge in [0.05, 0.1) is 0 Å². The number of amides is 3. The van der Waals surface area contributed by atoms with Gasteiger partial charge in [-0.05, 0) is 43.0 Å². The molecule has 0 bridgehead atoms. The summed E-state index contributed by atoms with van der Waals surface area (Å²) in [6.45, 7) is 5.50. The molecule has 2 saturated heterocycles. The smallest absolute Gasteiger partial charge is 0.245 e. The molecule has 144 valence electrons. The van der Waals surface area contributed by atoms with Crippen molar-refractivity contribution in [2.45, 2.75) is 31.8 Å². The molecule has 2 heterocycles. The summed E-state index contributed by atoms with van der Waals surface area (Å²) in [4.78, 5) is 40.0. The van der Waals surface area contributed by atoms with E-state index in [2.05, 4.69) is 11.9 Å². The van der Waals surface area contributed by atoms with Crippen molar-refractivity contribution in [2.24, 2.45) is 5.92 Å². The van der Waals surface area contributed by atoms with Crippen molar-refractivity contribution in [3.05, 3.63) is 48.3 Å². The Morgan fingerprint density at radius 2 is 1.81 bits per heavy atom. The topological polar surface area (TPSA) is 69.7 Å². The second kappa shape index (κ2) is 8.33. The maximum atomic E-state index is 13.0. The van der Waals surface area contributed by atoms with Crippen LogP contribution in [0, 0.1) is 11.7 Å². The molecule has 0 saturated carbocycles. The monoisotopic (exact) mass is 373 g/mol. The highest BCUT2D eigenvalue weighted by molar-refractivity contribution is 5.90. The van der Waals surface area contributed by atoms with E-state index in [0.29, 0.717) is 45.4 Å². The van der Waals surface area contributed by atoms with Gasteiger partial charge in [-0.1, -0.05) is 18.7 Å². The van der Waals surface area contributed by atoms with Crippen molar-refractivity contribution in [3.63, 3.8) is 0 Å². The van der Waals surface area contributed by atoms with Gasteiger partial charge in [0.2, 0.25) is 17.7 Å². The maximum absolute atomic E-state index is 13.0. The molecule has 27 heavy (non-hydrogen) atoms. The van der Waals surface area contributed by atoms with E-state index in [0.717, 1.165) is 5.56 Å². The lowest BCUT2D eigenvalue weighted by Crippen LogP contribution is -2.47. The lowest BCUT2D eigenvalue weighted by Gasteiger charge is -2.31. The minimum absolute atomic E-state index is 0.105. The average molecular weight is 373 g/mol. The Hall–Kier alpha value is -2.70. The number of piperidine rings is 1. The van der Waals surface area contributed by atoms with Crippen LogP contribution in [-0.4, -0.2) is 53.2 Å². The lowest BCUT2D eigenvalue weighted by molar-refractivity contribution is -0.135. The molecule has 1 N–H and O–H groups in total. The third-order valence-electron chi connectivity index (χ3n) is 5.25. The summed E-state index contributed by atoms with van der Waals surface area (Å²) in [5, 5.41) is 2.87. The van der Waals surface area contributed by atoms with E-state index in [1.807, 2.05) is 0 Å². The Labute approximate surface area is 158 Å². The molecule has 0 spiro atoms. The van der Waals surface area contributed by atoms with Gasteiger partial charge in [-0.25, -0.2) is 4.39 Å². The molecule has 2 aliphatic rings. The Bertz CT molecular complexity index is 726. The SMILES string of the molecule is C=CC(=O)N1CCC(C(=O)NC2CCN(Cc3ccc(F)cc3)C2=O)CC1. The van der Waals surface area contributed by atoms with E-state index in [4.69, 9.17) is 0 Å². The largest absolute Gasteiger partial charge is 0.344 e. The molecule has 1 aromatic carbocycles. The van der Waals surface area contributed by atoms with Crippen LogP contribution in [0.25, 0.3) is 0 Å². The molecule has 0 aromatic heterocycles. The Balaban J connectivity index is 1.49. The van der Waals surface area contributed by atoms with Gasteiger partial charge in [0, 0.05) is 32.1 Å². The molecule has 0 radical (unpaired) electrons. The molecule has 1 atom stereocenters. The minimum atomic E-state index is -0.509. The summed E-state index contributed by atoms with van der Waals surface area (Å²) in [5.74, 6) is -0.832. The summed E-state index contributed by atoms with van der Waals surface area (Å²) >= 11 is 0. The first-order valence-electron chi connectivity index (χ1n) is 9.23. The van der Waals surface area contributed by atoms with Crippen LogP contribution < -0.4 is 5.32 Å². The fraction of sp³-hybridized carbons (Fsp3) is 0.450. The molecule has 3 rings (SSSR count). The third-order valence-corrected chi connectivity index (χ3v) is 5.25. The molecule has 1 aromatic rings. The maximum Gasteiger partial charge on any atom is 0.245 e. The first kappa shape index (κ1) is 19.1. The highest BCUT2D eigenvalue weighted by Crippen LogP contribution is 2.20. The van der Waals surface area contributed by atoms with Gasteiger partial charge < -0.3 is 15.1 Å². The zero-order chi connectivity index (χ0) is 19.4. The number of hydrogen-bond acceptors (Lipinski definition) is 3. The molecule has 1 unspecified atom stereocenters. The van der Waals surface area contributed by atoms with E-state index in [1.165, 1.54) is 18.2 Å². The molecule has 3 amide bonds. The van der Waals surface area contributed by atoms with E-state index in [9.17, 15) is 18.8 Å². The molecular weight excluding hydrogens is 349 g/mol. The second-order valence-corrected chi connectivity index (χ2v) is 7.04. The summed E-state index contributed by atoms with van der Waals surface area (Å²) < 4.78 is 13.0. The van der Waals surface area contributed by atoms with Crippen molar-refractivity contribution in [2.75, 3.05) is 19.6 Å². The second-order valence-electron chi connectivity index (χ2n) is 7.04. The van der Waals surface area contributed by atoms with E-state index in [1.54, 1.807) is 21.9 Å². The fourth-order valence-electron chi connectivity index (χ4n) is 3.62. The number of halogens is 1. The number of carbonyl (C=O) groups is 3. The minimum Gasteiger partial charge on any atom is -0.344 e. The first-order chi connectivity index (χ1) is 13.0. The van der Waals surface area contributed by atoms with Crippen LogP contribution in [0.4, 0.5) is 4.39 Å². The predicted molar refractivity (Wildman–Crippen MR) is 97.9 cm³/mol. The lowest BCUT2D eigenvalue weighted by atomic mass is 9.95. The van der Waals surface area contributed by atoms with Crippen molar-refractivity contribution in [3.8, 4) is 0 Å². The number of likely N-dealkylation sites (tertiary alicyclic amines) is 2. The zero-order valence-electron chi connectivity index (χ0n) is 15.2. The van der Waals surface area contributed by atoms with Crippen LogP contribution in [0.5, 0.6) is 0 Å². The van der Waals surface area contributed by atoms with Crippen molar-refractivity contribution >= 4 is 17.7 Å². The fourth-order valence-corrected chi connectivity index (χ4v) is 3.62. The quantitative estimate of drug-likeness (QED) is 0.795. The molecule has 0 aliphatic carbocycles. The third kappa shape index (κ3) is 4.53. The summed E-state index contributed by atoms with van der Waals surface area (Å²) in [7, 11) is 0. The van der Waals surface area contributed by atoms with Gasteiger partial charge in [0.25, 0.3) is 0 Å². The Kier molecular flexibility index (Phi) is 5.88. The number of rotatable bonds is 5. The van der Waals surface area contributed by atoms with E-state index < -0.39 is 6.04 Å². The summed E-state index contributed by atoms with van der Waals surface area (Å²) in [6, 6.07) is 5.56. The number of nitrogens with zero attached hydrogens (tertiary/aromatic N) is 2. The van der Waals surface area contributed by atoms with Crippen LogP contribution >= 0.6 is 0 Å². The van der Waals surface area contributed by atoms with Gasteiger partial charge >= 0.3 is 0 Å². The van der Waals surface area contributed by atoms with Crippen molar-refractivity contribution in [1.29, 1.82) is 0 Å². The van der Waals surface area contributed by atoms with E-state index in [-0.39, 0.29) is 29.5 Å². The highest BCUT2D eigenvalue weighted by Gasteiger charge is 2.35. The molecule has 2 fully saturated rings. The van der Waals surface area contributed by atoms with E-state index >= 15 is 0 Å². The highest BCUT2D eigenvalue weighted by atomic mass is 19.1. The predicted octanol–water partition coefficient (Wildman–Crippen LogP) is 1.47. The summed E-state index contributed by atoms with van der Waals surface area (Å²) in [5.41, 5.74) is 0.857. The molecule has 6 nitrogen and oxygen atoms in total. The molecular formula is C20H24FN3O3. The van der Waals surface area contributed by atoms with Gasteiger partial charge in [0.1, 0.15) is 11.9 Å². The normalized spacial score (nSPS) is 20.6. The summed E-state index contributed by atoms with van der Waals surface area (Å²) in [6.07, 6.45) is 3.03. The number of nitrogens with one attached hydrogen (secondary N) is 1. The molecule has 2 aliphatic heterocycles. The first-order valence-corrected chi connectivity index (χ1v) is 9.23. The molecule has 7 heteroatoms. The van der Waals surface area contributed by atoms with Gasteiger partial charge in [0.15, 0.2) is 0 Å².